The molecule has 1 aliphatic rings. The van der Waals surface area contributed by atoms with Gasteiger partial charge in [0, 0.05) is 23.7 Å². The van der Waals surface area contributed by atoms with Gasteiger partial charge >= 0.3 is 0 Å². The Morgan fingerprint density at radius 2 is 2.26 bits per heavy atom. The van der Waals surface area contributed by atoms with Crippen LogP contribution in [0, 0.1) is 11.3 Å². The van der Waals surface area contributed by atoms with Gasteiger partial charge in [-0.1, -0.05) is 17.8 Å². The van der Waals surface area contributed by atoms with E-state index in [-0.39, 0.29) is 11.5 Å². The van der Waals surface area contributed by atoms with Crippen molar-refractivity contribution in [1.82, 2.24) is 10.3 Å². The summed E-state index contributed by atoms with van der Waals surface area (Å²) in [5.74, 6) is -1.03. The van der Waals surface area contributed by atoms with Gasteiger partial charge in [-0.3, -0.25) is 14.6 Å². The number of carbonyl (C=O) groups is 2. The summed E-state index contributed by atoms with van der Waals surface area (Å²) in [5.41, 5.74) is 7.52. The van der Waals surface area contributed by atoms with Crippen molar-refractivity contribution in [1.29, 1.82) is 5.26 Å². The van der Waals surface area contributed by atoms with Gasteiger partial charge in [0.25, 0.3) is 0 Å². The molecule has 3 N–H and O–H groups in total. The number of hydrogen-bond donors (Lipinski definition) is 2. The number of nitriles is 1. The minimum atomic E-state index is -0.497. The molecule has 6 nitrogen and oxygen atoms in total. The quantitative estimate of drug-likeness (QED) is 0.849. The molecule has 1 aliphatic heterocycles. The number of primary amides is 1. The summed E-state index contributed by atoms with van der Waals surface area (Å²) >= 11 is 1.16. The molecule has 1 aromatic heterocycles. The second-order valence-corrected chi connectivity index (χ2v) is 6.03. The lowest BCUT2D eigenvalue weighted by molar-refractivity contribution is -0.115. The van der Waals surface area contributed by atoms with E-state index in [1.807, 2.05) is 6.07 Å². The van der Waals surface area contributed by atoms with Crippen LogP contribution in [0.2, 0.25) is 0 Å². The van der Waals surface area contributed by atoms with E-state index in [4.69, 9.17) is 5.73 Å². The molecule has 0 fully saturated rings. The highest BCUT2D eigenvalue weighted by molar-refractivity contribution is 8.03. The lowest BCUT2D eigenvalue weighted by atomic mass is 9.81. The van der Waals surface area contributed by atoms with Crippen LogP contribution in [0.1, 0.15) is 25.3 Å². The predicted molar refractivity (Wildman–Crippen MR) is 87.8 cm³/mol. The number of allylic oxidation sites excluding steroid dienone is 3. The van der Waals surface area contributed by atoms with Gasteiger partial charge in [-0.05, 0) is 25.5 Å². The number of amides is 1. The molecule has 1 atom stereocenters. The molecule has 0 aliphatic carbocycles. The number of ketones is 1. The maximum absolute atomic E-state index is 12.1. The molecular formula is C16H16N4O2S. The van der Waals surface area contributed by atoms with Gasteiger partial charge in [-0.15, -0.1) is 0 Å². The highest BCUT2D eigenvalue weighted by Crippen LogP contribution is 2.40. The van der Waals surface area contributed by atoms with E-state index in [9.17, 15) is 14.9 Å². The first-order chi connectivity index (χ1) is 11.0. The average Bonchev–Trinajstić information content (AvgIpc) is 2.52. The Hall–Kier alpha value is -2.59. The van der Waals surface area contributed by atoms with Crippen LogP contribution < -0.4 is 11.1 Å². The minimum absolute atomic E-state index is 0.0515. The van der Waals surface area contributed by atoms with Crippen molar-refractivity contribution < 1.29 is 9.59 Å². The number of thioether (sulfide) groups is 1. The van der Waals surface area contributed by atoms with Crippen molar-refractivity contribution in [3.05, 3.63) is 52.0 Å². The zero-order chi connectivity index (χ0) is 17.0. The van der Waals surface area contributed by atoms with Gasteiger partial charge in [-0.25, -0.2) is 0 Å². The highest BCUT2D eigenvalue weighted by Gasteiger charge is 2.33. The summed E-state index contributed by atoms with van der Waals surface area (Å²) < 4.78 is 0. The van der Waals surface area contributed by atoms with Crippen molar-refractivity contribution in [2.45, 2.75) is 19.8 Å². The minimum Gasteiger partial charge on any atom is -0.369 e. The molecule has 0 saturated heterocycles. The zero-order valence-electron chi connectivity index (χ0n) is 12.8. The molecular weight excluding hydrogens is 312 g/mol. The summed E-state index contributed by atoms with van der Waals surface area (Å²) in [4.78, 5) is 27.2. The number of aromatic nitrogens is 1. The van der Waals surface area contributed by atoms with Crippen LogP contribution in [0.4, 0.5) is 0 Å². The van der Waals surface area contributed by atoms with Crippen LogP contribution in [-0.4, -0.2) is 22.4 Å². The Balaban J connectivity index is 2.56. The molecule has 0 bridgehead atoms. The summed E-state index contributed by atoms with van der Waals surface area (Å²) in [6.07, 6.45) is 3.27. The van der Waals surface area contributed by atoms with E-state index in [1.165, 1.54) is 6.92 Å². The average molecular weight is 328 g/mol. The topological polar surface area (TPSA) is 109 Å². The number of nitrogens with zero attached hydrogens (tertiary/aromatic N) is 2. The number of nitrogens with two attached hydrogens (primary N) is 1. The molecule has 0 spiro atoms. The summed E-state index contributed by atoms with van der Waals surface area (Å²) in [6.45, 7) is 3.25. The van der Waals surface area contributed by atoms with Crippen LogP contribution in [0.5, 0.6) is 0 Å². The molecule has 7 heteroatoms. The highest BCUT2D eigenvalue weighted by atomic mass is 32.2. The molecule has 0 saturated carbocycles. The van der Waals surface area contributed by atoms with Gasteiger partial charge in [-0.2, -0.15) is 5.26 Å². The number of hydrogen-bond acceptors (Lipinski definition) is 6. The van der Waals surface area contributed by atoms with Gasteiger partial charge in [0.05, 0.1) is 28.3 Å². The first kappa shape index (κ1) is 16.8. The van der Waals surface area contributed by atoms with Crippen molar-refractivity contribution >= 4 is 23.5 Å². The fourth-order valence-corrected chi connectivity index (χ4v) is 3.35. The van der Waals surface area contributed by atoms with E-state index in [2.05, 4.69) is 16.4 Å². The van der Waals surface area contributed by atoms with Gasteiger partial charge in [0.15, 0.2) is 5.78 Å². The smallest absolute Gasteiger partial charge is 0.227 e. The first-order valence-corrected chi connectivity index (χ1v) is 7.88. The molecule has 1 aromatic rings. The second-order valence-electron chi connectivity index (χ2n) is 5.05. The predicted octanol–water partition coefficient (Wildman–Crippen LogP) is 1.59. The van der Waals surface area contributed by atoms with E-state index in [1.54, 1.807) is 25.4 Å². The lowest BCUT2D eigenvalue weighted by Crippen LogP contribution is -2.28. The maximum atomic E-state index is 12.1. The monoisotopic (exact) mass is 328 g/mol. The van der Waals surface area contributed by atoms with E-state index in [0.717, 1.165) is 17.3 Å². The molecule has 0 aromatic carbocycles. The molecule has 2 heterocycles. The molecule has 23 heavy (non-hydrogen) atoms. The first-order valence-electron chi connectivity index (χ1n) is 6.89. The molecule has 1 amide bonds. The van der Waals surface area contributed by atoms with Gasteiger partial charge in [0.2, 0.25) is 5.91 Å². The Morgan fingerprint density at radius 3 is 2.78 bits per heavy atom. The molecule has 0 unspecified atom stereocenters. The number of rotatable bonds is 5. The van der Waals surface area contributed by atoms with Gasteiger partial charge < -0.3 is 11.1 Å². The van der Waals surface area contributed by atoms with E-state index >= 15 is 0 Å². The Labute approximate surface area is 138 Å². The van der Waals surface area contributed by atoms with Crippen molar-refractivity contribution in [3.63, 3.8) is 0 Å². The van der Waals surface area contributed by atoms with Crippen molar-refractivity contribution in [3.8, 4) is 6.07 Å². The fourth-order valence-electron chi connectivity index (χ4n) is 2.52. The van der Waals surface area contributed by atoms with Crippen molar-refractivity contribution in [2.75, 3.05) is 5.75 Å². The fraction of sp³-hybridized carbons (Fsp3) is 0.250. The Morgan fingerprint density at radius 1 is 1.52 bits per heavy atom. The second kappa shape index (κ2) is 7.11. The van der Waals surface area contributed by atoms with E-state index < -0.39 is 11.8 Å². The van der Waals surface area contributed by atoms with Crippen LogP contribution in [-0.2, 0) is 9.59 Å². The van der Waals surface area contributed by atoms with Crippen LogP contribution in [0.25, 0.3) is 0 Å². The number of dihydropyridines is 1. The lowest BCUT2D eigenvalue weighted by Gasteiger charge is -2.29. The van der Waals surface area contributed by atoms with Gasteiger partial charge in [0.1, 0.15) is 0 Å². The summed E-state index contributed by atoms with van der Waals surface area (Å²) in [6, 6.07) is 5.75. The largest absolute Gasteiger partial charge is 0.369 e. The number of carbonyl (C=O) groups excluding carboxylic acids is 2. The van der Waals surface area contributed by atoms with Crippen LogP contribution >= 0.6 is 11.8 Å². The molecule has 2 rings (SSSR count). The SMILES string of the molecule is CC(=O)C1=C(C)NC(SCC(N)=O)=C(C#N)[C@@H]1c1cccnc1. The third kappa shape index (κ3) is 3.60. The van der Waals surface area contributed by atoms with Crippen LogP contribution in [0.15, 0.2) is 46.4 Å². The summed E-state index contributed by atoms with van der Waals surface area (Å²) in [5, 5.41) is 13.2. The number of Topliss-reactive ketones (excluding diaryl/α,β-unsaturated/α-hetero) is 1. The normalized spacial score (nSPS) is 17.5. The number of pyridine rings is 1. The standard InChI is InChI=1S/C16H16N4O2S/c1-9-14(10(2)21)15(11-4-3-5-19-7-11)12(6-17)16(20-9)23-8-13(18)22/h3-5,7,15,20H,8H2,1-2H3,(H2,18,22)/t15-/m0/s1. The summed E-state index contributed by atoms with van der Waals surface area (Å²) in [7, 11) is 0. The molecule has 118 valence electrons. The Kier molecular flexibility index (Phi) is 5.19. The van der Waals surface area contributed by atoms with Crippen molar-refractivity contribution in [2.24, 2.45) is 5.73 Å². The molecule has 0 radical (unpaired) electrons. The van der Waals surface area contributed by atoms with E-state index in [0.29, 0.717) is 21.9 Å². The maximum Gasteiger partial charge on any atom is 0.227 e. The Bertz CT molecular complexity index is 747. The zero-order valence-corrected chi connectivity index (χ0v) is 13.6. The number of nitrogens with one attached hydrogen (secondary N) is 1. The van der Waals surface area contributed by atoms with Crippen LogP contribution in [0.3, 0.4) is 0 Å². The third-order valence-electron chi connectivity index (χ3n) is 3.40. The third-order valence-corrected chi connectivity index (χ3v) is 4.44.